The molecule has 0 saturated heterocycles. The van der Waals surface area contributed by atoms with Gasteiger partial charge in [-0.3, -0.25) is 14.6 Å². The Morgan fingerprint density at radius 1 is 1.31 bits per heavy atom. The normalized spacial score (nSPS) is 18.7. The lowest BCUT2D eigenvalue weighted by Crippen LogP contribution is -2.40. The number of fused-ring (bicyclic) bond motifs is 1. The Morgan fingerprint density at radius 2 is 1.97 bits per heavy atom. The van der Waals surface area contributed by atoms with Crippen molar-refractivity contribution in [3.8, 4) is 17.0 Å². The van der Waals surface area contributed by atoms with E-state index < -0.39 is 47.4 Å². The summed E-state index contributed by atoms with van der Waals surface area (Å²) in [5, 5.41) is 2.19. The van der Waals surface area contributed by atoms with Gasteiger partial charge in [-0.2, -0.15) is 13.2 Å². The number of primary amides is 1. The van der Waals surface area contributed by atoms with Gasteiger partial charge in [-0.15, -0.1) is 0 Å². The lowest BCUT2D eigenvalue weighted by molar-refractivity contribution is -0.151. The van der Waals surface area contributed by atoms with Gasteiger partial charge in [0.05, 0.1) is 11.3 Å². The number of halogens is 4. The SMILES string of the molecule is CN=C/C(=C\N)C(=O)NCC(c1cc2c(c(-c3ccc(F)cc3)n1)OC[C@]2(C)C(N)=O)C(F)(F)F. The number of benzene rings is 1. The van der Waals surface area contributed by atoms with E-state index in [-0.39, 0.29) is 34.8 Å². The highest BCUT2D eigenvalue weighted by molar-refractivity contribution is 6.12. The van der Waals surface area contributed by atoms with Gasteiger partial charge in [-0.05, 0) is 37.3 Å². The first-order valence-corrected chi connectivity index (χ1v) is 10.4. The smallest absolute Gasteiger partial charge is 0.398 e. The zero-order chi connectivity index (χ0) is 26.0. The summed E-state index contributed by atoms with van der Waals surface area (Å²) in [6.07, 6.45) is -2.81. The van der Waals surface area contributed by atoms with Gasteiger partial charge < -0.3 is 21.5 Å². The molecule has 0 saturated carbocycles. The van der Waals surface area contributed by atoms with E-state index in [1.54, 1.807) is 0 Å². The van der Waals surface area contributed by atoms with E-state index in [2.05, 4.69) is 15.3 Å². The fourth-order valence-corrected chi connectivity index (χ4v) is 3.59. The minimum absolute atomic E-state index is 0.0105. The molecule has 1 aromatic carbocycles. The Labute approximate surface area is 198 Å². The predicted octanol–water partition coefficient (Wildman–Crippen LogP) is 2.33. The van der Waals surface area contributed by atoms with Gasteiger partial charge in [0.25, 0.3) is 5.91 Å². The van der Waals surface area contributed by atoms with Gasteiger partial charge >= 0.3 is 6.18 Å². The van der Waals surface area contributed by atoms with Gasteiger partial charge in [-0.1, -0.05) is 0 Å². The van der Waals surface area contributed by atoms with Gasteiger partial charge in [0.15, 0.2) is 0 Å². The molecule has 8 nitrogen and oxygen atoms in total. The topological polar surface area (TPSA) is 133 Å². The zero-order valence-corrected chi connectivity index (χ0v) is 18.8. The summed E-state index contributed by atoms with van der Waals surface area (Å²) >= 11 is 0. The molecule has 0 aliphatic carbocycles. The first-order valence-electron chi connectivity index (χ1n) is 10.4. The van der Waals surface area contributed by atoms with Crippen LogP contribution in [0.15, 0.2) is 47.1 Å². The Kier molecular flexibility index (Phi) is 7.13. The molecule has 2 amide bonds. The molecule has 35 heavy (non-hydrogen) atoms. The van der Waals surface area contributed by atoms with Crippen LogP contribution in [0.25, 0.3) is 11.3 Å². The third-order valence-electron chi connectivity index (χ3n) is 5.68. The number of rotatable bonds is 7. The molecule has 2 aromatic rings. The number of carbonyl (C=O) groups excluding carboxylic acids is 2. The maximum Gasteiger partial charge on any atom is 0.398 e. The van der Waals surface area contributed by atoms with Crippen molar-refractivity contribution in [3.05, 3.63) is 59.2 Å². The van der Waals surface area contributed by atoms with Crippen LogP contribution in [-0.2, 0) is 15.0 Å². The number of aliphatic imine (C=N–C) groups is 1. The number of alkyl halides is 3. The van der Waals surface area contributed by atoms with Gasteiger partial charge in [0.1, 0.15) is 35.2 Å². The van der Waals surface area contributed by atoms with Crippen LogP contribution in [0.4, 0.5) is 17.6 Å². The van der Waals surface area contributed by atoms with Crippen LogP contribution < -0.4 is 21.5 Å². The van der Waals surface area contributed by atoms with Crippen molar-refractivity contribution in [2.24, 2.45) is 16.5 Å². The summed E-state index contributed by atoms with van der Waals surface area (Å²) < 4.78 is 61.6. The summed E-state index contributed by atoms with van der Waals surface area (Å²) in [6, 6.07) is 6.01. The minimum atomic E-state index is -4.83. The first kappa shape index (κ1) is 25.7. The molecule has 0 bridgehead atoms. The number of nitrogens with zero attached hydrogens (tertiary/aromatic N) is 2. The number of amides is 2. The van der Waals surface area contributed by atoms with E-state index in [1.807, 2.05) is 0 Å². The minimum Gasteiger partial charge on any atom is -0.489 e. The number of aromatic nitrogens is 1. The number of nitrogens with one attached hydrogen (secondary N) is 1. The van der Waals surface area contributed by atoms with Crippen molar-refractivity contribution >= 4 is 18.0 Å². The predicted molar refractivity (Wildman–Crippen MR) is 120 cm³/mol. The summed E-state index contributed by atoms with van der Waals surface area (Å²) in [7, 11) is 1.37. The van der Waals surface area contributed by atoms with E-state index in [0.717, 1.165) is 30.6 Å². The lowest BCUT2D eigenvalue weighted by Gasteiger charge is -2.24. The van der Waals surface area contributed by atoms with E-state index in [0.29, 0.717) is 0 Å². The second-order valence-electron chi connectivity index (χ2n) is 8.08. The molecule has 1 aromatic heterocycles. The number of nitrogens with two attached hydrogens (primary N) is 2. The van der Waals surface area contributed by atoms with Crippen molar-refractivity contribution in [1.29, 1.82) is 0 Å². The van der Waals surface area contributed by atoms with Crippen LogP contribution in [0, 0.1) is 5.82 Å². The number of pyridine rings is 1. The van der Waals surface area contributed by atoms with Crippen LogP contribution in [0.5, 0.6) is 5.75 Å². The van der Waals surface area contributed by atoms with E-state index >= 15 is 0 Å². The van der Waals surface area contributed by atoms with Crippen LogP contribution in [-0.4, -0.2) is 49.4 Å². The van der Waals surface area contributed by atoms with E-state index in [4.69, 9.17) is 16.2 Å². The Bertz CT molecular complexity index is 1190. The number of ether oxygens (including phenoxy) is 1. The fraction of sp³-hybridized carbons (Fsp3) is 0.304. The largest absolute Gasteiger partial charge is 0.489 e. The van der Waals surface area contributed by atoms with Gasteiger partial charge in [0.2, 0.25) is 5.91 Å². The van der Waals surface area contributed by atoms with Crippen LogP contribution in [0.2, 0.25) is 0 Å². The van der Waals surface area contributed by atoms with Crippen molar-refractivity contribution in [1.82, 2.24) is 10.3 Å². The summed E-state index contributed by atoms with van der Waals surface area (Å²) in [6.45, 7) is 0.373. The average molecular weight is 493 g/mol. The monoisotopic (exact) mass is 493 g/mol. The Balaban J connectivity index is 2.13. The molecule has 1 unspecified atom stereocenters. The summed E-state index contributed by atoms with van der Waals surface area (Å²) in [5.74, 6) is -4.39. The second-order valence-corrected chi connectivity index (χ2v) is 8.08. The van der Waals surface area contributed by atoms with Crippen molar-refractivity contribution < 1.29 is 31.9 Å². The van der Waals surface area contributed by atoms with Crippen molar-refractivity contribution in [2.45, 2.75) is 24.4 Å². The maximum atomic E-state index is 14.1. The molecule has 2 heterocycles. The van der Waals surface area contributed by atoms with Crippen molar-refractivity contribution in [2.75, 3.05) is 20.2 Å². The maximum absolute atomic E-state index is 14.1. The standard InChI is InChI=1S/C23H23F4N5O3/c1-22(21(29)34)11-35-19-15(22)7-17(32-18(19)12-3-5-14(24)6-4-12)16(23(25,26)27)10-31-20(33)13(8-28)9-30-2/h3-9,16H,10-11,28H2,1-2H3,(H2,29,34)(H,31,33)/b13-8+,30-9?/t16?,22-/m0/s1. The van der Waals surface area contributed by atoms with E-state index in [1.165, 1.54) is 26.1 Å². The lowest BCUT2D eigenvalue weighted by atomic mass is 9.82. The fourth-order valence-electron chi connectivity index (χ4n) is 3.59. The molecule has 12 heteroatoms. The number of hydrogen-bond acceptors (Lipinski definition) is 6. The molecule has 1 aliphatic heterocycles. The Morgan fingerprint density at radius 3 is 2.51 bits per heavy atom. The molecule has 186 valence electrons. The number of carbonyl (C=O) groups is 2. The van der Waals surface area contributed by atoms with Gasteiger partial charge in [-0.25, -0.2) is 9.37 Å². The van der Waals surface area contributed by atoms with Crippen LogP contribution >= 0.6 is 0 Å². The molecule has 0 fully saturated rings. The molecule has 1 aliphatic rings. The Hall–Kier alpha value is -3.96. The number of hydrogen-bond donors (Lipinski definition) is 3. The quantitative estimate of drug-likeness (QED) is 0.309. The summed E-state index contributed by atoms with van der Waals surface area (Å²) in [5.41, 5.74) is 9.25. The highest BCUT2D eigenvalue weighted by Crippen LogP contribution is 2.46. The third-order valence-corrected chi connectivity index (χ3v) is 5.68. The van der Waals surface area contributed by atoms with E-state index in [9.17, 15) is 27.2 Å². The summed E-state index contributed by atoms with van der Waals surface area (Å²) in [4.78, 5) is 32.3. The van der Waals surface area contributed by atoms with Crippen LogP contribution in [0.3, 0.4) is 0 Å². The van der Waals surface area contributed by atoms with Crippen LogP contribution in [0.1, 0.15) is 24.1 Å². The second kappa shape index (κ2) is 9.72. The molecule has 0 spiro atoms. The highest BCUT2D eigenvalue weighted by Gasteiger charge is 2.47. The van der Waals surface area contributed by atoms with Crippen molar-refractivity contribution in [3.63, 3.8) is 0 Å². The molecular weight excluding hydrogens is 470 g/mol. The zero-order valence-electron chi connectivity index (χ0n) is 18.8. The first-order chi connectivity index (χ1) is 16.4. The third kappa shape index (κ3) is 5.10. The average Bonchev–Trinajstić information content (AvgIpc) is 3.14. The molecule has 0 radical (unpaired) electrons. The highest BCUT2D eigenvalue weighted by atomic mass is 19.4. The van der Waals surface area contributed by atoms with Gasteiger partial charge in [0, 0.05) is 37.1 Å². The molecule has 5 N–H and O–H groups in total. The molecule has 2 atom stereocenters. The molecular formula is C23H23F4N5O3. The molecule has 3 rings (SSSR count).